The van der Waals surface area contributed by atoms with Crippen molar-refractivity contribution in [2.24, 2.45) is 0 Å². The second-order valence-electron chi connectivity index (χ2n) is 3.46. The van der Waals surface area contributed by atoms with Gasteiger partial charge in [0.05, 0.1) is 18.9 Å². The van der Waals surface area contributed by atoms with Crippen LogP contribution in [0.2, 0.25) is 0 Å². The fourth-order valence-electron chi connectivity index (χ4n) is 1.34. The van der Waals surface area contributed by atoms with E-state index in [0.29, 0.717) is 20.0 Å². The highest BCUT2D eigenvalue weighted by molar-refractivity contribution is 9.10. The summed E-state index contributed by atoms with van der Waals surface area (Å²) in [7, 11) is 1.29. The molecule has 1 amide bonds. The van der Waals surface area contributed by atoms with Gasteiger partial charge in [-0.3, -0.25) is 10.1 Å². The third-order valence-electron chi connectivity index (χ3n) is 2.23. The molecule has 0 saturated carbocycles. The maximum absolute atomic E-state index is 12.0. The van der Waals surface area contributed by atoms with E-state index in [2.05, 4.69) is 31.0 Å². The van der Waals surface area contributed by atoms with Crippen LogP contribution in [0.5, 0.6) is 0 Å². The van der Waals surface area contributed by atoms with Crippen molar-refractivity contribution >= 4 is 44.3 Å². The molecule has 0 aliphatic carbocycles. The highest BCUT2D eigenvalue weighted by Crippen LogP contribution is 2.21. The van der Waals surface area contributed by atoms with Gasteiger partial charge in [-0.25, -0.2) is 9.78 Å². The minimum Gasteiger partial charge on any atom is -0.465 e. The third kappa shape index (κ3) is 3.18. The van der Waals surface area contributed by atoms with E-state index >= 15 is 0 Å². The number of rotatable bonds is 3. The Morgan fingerprint density at radius 3 is 2.79 bits per heavy atom. The maximum Gasteiger partial charge on any atom is 0.349 e. The Bertz CT molecular complexity index is 627. The Labute approximate surface area is 121 Å². The van der Waals surface area contributed by atoms with Crippen molar-refractivity contribution in [2.45, 2.75) is 0 Å². The highest BCUT2D eigenvalue weighted by Gasteiger charge is 2.14. The number of ether oxygens (including phenoxy) is 1. The molecule has 1 N–H and O–H groups in total. The number of methoxy groups -OCH3 is 1. The fraction of sp³-hybridized carbons (Fsp3) is 0.0833. The molecule has 0 aliphatic rings. The second-order valence-corrected chi connectivity index (χ2v) is 5.34. The van der Waals surface area contributed by atoms with Gasteiger partial charge in [-0.15, -0.1) is 0 Å². The molecule has 0 saturated heterocycles. The Hall–Kier alpha value is -1.73. The van der Waals surface area contributed by atoms with Crippen molar-refractivity contribution in [3.8, 4) is 0 Å². The van der Waals surface area contributed by atoms with Gasteiger partial charge in [-0.1, -0.05) is 23.5 Å². The number of carbonyl (C=O) groups is 2. The summed E-state index contributed by atoms with van der Waals surface area (Å²) in [6.45, 7) is 0. The van der Waals surface area contributed by atoms with Gasteiger partial charge >= 0.3 is 5.97 Å². The first kappa shape index (κ1) is 13.7. The molecular formula is C12H9BrN2O3S. The molecule has 5 nitrogen and oxygen atoms in total. The molecule has 0 radical (unpaired) electrons. The molecule has 0 atom stereocenters. The van der Waals surface area contributed by atoms with E-state index in [9.17, 15) is 9.59 Å². The van der Waals surface area contributed by atoms with Crippen LogP contribution >= 0.6 is 27.3 Å². The summed E-state index contributed by atoms with van der Waals surface area (Å²) in [6, 6.07) is 7.05. The van der Waals surface area contributed by atoms with Gasteiger partial charge in [-0.2, -0.15) is 0 Å². The van der Waals surface area contributed by atoms with E-state index in [1.54, 1.807) is 18.2 Å². The number of aromatic nitrogens is 1. The Kier molecular flexibility index (Phi) is 4.28. The summed E-state index contributed by atoms with van der Waals surface area (Å²) < 4.78 is 5.26. The zero-order valence-corrected chi connectivity index (χ0v) is 12.2. The van der Waals surface area contributed by atoms with E-state index in [1.807, 2.05) is 6.07 Å². The first-order valence-electron chi connectivity index (χ1n) is 5.22. The Morgan fingerprint density at radius 2 is 2.11 bits per heavy atom. The Balaban J connectivity index is 2.14. The van der Waals surface area contributed by atoms with E-state index in [4.69, 9.17) is 0 Å². The van der Waals surface area contributed by atoms with Crippen molar-refractivity contribution in [1.82, 2.24) is 4.98 Å². The number of halogens is 1. The van der Waals surface area contributed by atoms with Crippen molar-refractivity contribution in [2.75, 3.05) is 12.4 Å². The summed E-state index contributed by atoms with van der Waals surface area (Å²) in [6.07, 6.45) is 1.37. The van der Waals surface area contributed by atoms with E-state index in [-0.39, 0.29) is 5.91 Å². The van der Waals surface area contributed by atoms with Gasteiger partial charge in [0.2, 0.25) is 0 Å². The molecule has 2 aromatic rings. The maximum atomic E-state index is 12.0. The van der Waals surface area contributed by atoms with Crippen LogP contribution in [0.15, 0.2) is 34.9 Å². The molecule has 19 heavy (non-hydrogen) atoms. The molecule has 1 aromatic carbocycles. The molecule has 1 heterocycles. The van der Waals surface area contributed by atoms with Gasteiger partial charge in [0, 0.05) is 4.47 Å². The van der Waals surface area contributed by atoms with Gasteiger partial charge < -0.3 is 4.74 Å². The SMILES string of the molecule is COC(=O)c1cnc(NC(=O)c2ccccc2Br)s1. The van der Waals surface area contributed by atoms with Gasteiger partial charge in [0.25, 0.3) is 5.91 Å². The normalized spacial score (nSPS) is 10.0. The Morgan fingerprint density at radius 1 is 1.37 bits per heavy atom. The highest BCUT2D eigenvalue weighted by atomic mass is 79.9. The number of hydrogen-bond donors (Lipinski definition) is 1. The van der Waals surface area contributed by atoms with Crippen LogP contribution in [0.1, 0.15) is 20.0 Å². The largest absolute Gasteiger partial charge is 0.465 e. The lowest BCUT2D eigenvalue weighted by atomic mass is 10.2. The number of hydrogen-bond acceptors (Lipinski definition) is 5. The number of nitrogens with one attached hydrogen (secondary N) is 1. The summed E-state index contributed by atoms with van der Waals surface area (Å²) in [4.78, 5) is 27.5. The number of amides is 1. The van der Waals surface area contributed by atoms with Gasteiger partial charge in [0.1, 0.15) is 4.88 Å². The third-order valence-corrected chi connectivity index (χ3v) is 3.82. The zero-order valence-electron chi connectivity index (χ0n) is 9.84. The van der Waals surface area contributed by atoms with Crippen LogP contribution in [-0.4, -0.2) is 24.0 Å². The number of nitrogens with zero attached hydrogens (tertiary/aromatic N) is 1. The van der Waals surface area contributed by atoms with Gasteiger partial charge in [0.15, 0.2) is 5.13 Å². The first-order chi connectivity index (χ1) is 9.11. The number of carbonyl (C=O) groups excluding carboxylic acids is 2. The topological polar surface area (TPSA) is 68.3 Å². The number of esters is 1. The van der Waals surface area contributed by atoms with Crippen molar-refractivity contribution in [1.29, 1.82) is 0 Å². The summed E-state index contributed by atoms with van der Waals surface area (Å²) in [5.74, 6) is -0.767. The smallest absolute Gasteiger partial charge is 0.349 e. The van der Waals surface area contributed by atoms with Crippen LogP contribution in [0.4, 0.5) is 5.13 Å². The van der Waals surface area contributed by atoms with E-state index < -0.39 is 5.97 Å². The predicted octanol–water partition coefficient (Wildman–Crippen LogP) is 2.94. The summed E-state index contributed by atoms with van der Waals surface area (Å²) >= 11 is 4.36. The van der Waals surface area contributed by atoms with Crippen LogP contribution in [0, 0.1) is 0 Å². The quantitative estimate of drug-likeness (QED) is 0.872. The average molecular weight is 341 g/mol. The van der Waals surface area contributed by atoms with Crippen molar-refractivity contribution in [3.05, 3.63) is 45.4 Å². The molecule has 0 aliphatic heterocycles. The molecule has 2 rings (SSSR count). The number of anilines is 1. The van der Waals surface area contributed by atoms with Crippen molar-refractivity contribution in [3.63, 3.8) is 0 Å². The fourth-order valence-corrected chi connectivity index (χ4v) is 2.53. The lowest BCUT2D eigenvalue weighted by Crippen LogP contribution is -2.12. The van der Waals surface area contributed by atoms with Crippen LogP contribution < -0.4 is 5.32 Å². The zero-order chi connectivity index (χ0) is 13.8. The number of thiazole rings is 1. The first-order valence-corrected chi connectivity index (χ1v) is 6.83. The van der Waals surface area contributed by atoms with E-state index in [1.165, 1.54) is 13.3 Å². The molecule has 7 heteroatoms. The van der Waals surface area contributed by atoms with Crippen molar-refractivity contribution < 1.29 is 14.3 Å². The molecule has 1 aromatic heterocycles. The molecular weight excluding hydrogens is 332 g/mol. The minimum atomic E-state index is -0.473. The second kappa shape index (κ2) is 5.94. The van der Waals surface area contributed by atoms with Crippen LogP contribution in [0.25, 0.3) is 0 Å². The summed E-state index contributed by atoms with van der Waals surface area (Å²) in [5, 5.41) is 2.98. The monoisotopic (exact) mass is 340 g/mol. The van der Waals surface area contributed by atoms with E-state index in [0.717, 1.165) is 11.3 Å². The molecule has 98 valence electrons. The number of benzene rings is 1. The molecule has 0 fully saturated rings. The molecule has 0 unspecified atom stereocenters. The van der Waals surface area contributed by atoms with Gasteiger partial charge in [-0.05, 0) is 28.1 Å². The predicted molar refractivity (Wildman–Crippen MR) is 75.5 cm³/mol. The average Bonchev–Trinajstić information content (AvgIpc) is 2.86. The summed E-state index contributed by atoms with van der Waals surface area (Å²) in [5.41, 5.74) is 0.498. The molecule has 0 spiro atoms. The minimum absolute atomic E-state index is 0.293. The lowest BCUT2D eigenvalue weighted by Gasteiger charge is -2.03. The molecule has 0 bridgehead atoms. The van der Waals surface area contributed by atoms with Crippen LogP contribution in [0.3, 0.4) is 0 Å². The van der Waals surface area contributed by atoms with Crippen LogP contribution in [-0.2, 0) is 4.74 Å². The lowest BCUT2D eigenvalue weighted by molar-refractivity contribution is 0.0606. The standard InChI is InChI=1S/C12H9BrN2O3S/c1-18-11(17)9-6-14-12(19-9)15-10(16)7-4-2-3-5-8(7)13/h2-6H,1H3,(H,14,15,16).